The lowest BCUT2D eigenvalue weighted by molar-refractivity contribution is -0.137. The summed E-state index contributed by atoms with van der Waals surface area (Å²) in [6.07, 6.45) is -2.40. The molecule has 0 bridgehead atoms. The first kappa shape index (κ1) is 12.3. The number of pyridine rings is 2. The lowest BCUT2D eigenvalue weighted by Crippen LogP contribution is -2.07. The third-order valence-corrected chi connectivity index (χ3v) is 2.22. The summed E-state index contributed by atoms with van der Waals surface area (Å²) in [5.74, 6) is -1.08. The van der Waals surface area contributed by atoms with Crippen LogP contribution in [0, 0.1) is 5.82 Å². The zero-order valence-corrected chi connectivity index (χ0v) is 8.87. The van der Waals surface area contributed by atoms with Crippen molar-refractivity contribution in [1.82, 2.24) is 9.97 Å². The van der Waals surface area contributed by atoms with Crippen LogP contribution in [0.1, 0.15) is 5.56 Å². The Labute approximate surface area is 99.3 Å². The number of alkyl halides is 3. The van der Waals surface area contributed by atoms with E-state index in [4.69, 9.17) is 5.73 Å². The Bertz CT molecular complexity index is 581. The largest absolute Gasteiger partial charge is 0.416 e. The molecule has 0 saturated heterocycles. The minimum absolute atomic E-state index is 0.0807. The molecule has 0 aliphatic rings. The van der Waals surface area contributed by atoms with Gasteiger partial charge >= 0.3 is 6.18 Å². The van der Waals surface area contributed by atoms with E-state index >= 15 is 0 Å². The van der Waals surface area contributed by atoms with E-state index in [1.165, 1.54) is 12.3 Å². The number of anilines is 1. The summed E-state index contributed by atoms with van der Waals surface area (Å²) in [6, 6.07) is 2.68. The van der Waals surface area contributed by atoms with Gasteiger partial charge in [-0.15, -0.1) is 0 Å². The zero-order chi connectivity index (χ0) is 13.3. The van der Waals surface area contributed by atoms with Gasteiger partial charge in [0.1, 0.15) is 5.82 Å². The van der Waals surface area contributed by atoms with Crippen LogP contribution >= 0.6 is 0 Å². The van der Waals surface area contributed by atoms with Gasteiger partial charge in [-0.1, -0.05) is 0 Å². The third kappa shape index (κ3) is 2.39. The summed E-state index contributed by atoms with van der Waals surface area (Å²) >= 11 is 0. The van der Waals surface area contributed by atoms with E-state index in [0.717, 1.165) is 12.3 Å². The number of nitrogen functional groups attached to an aromatic ring is 1. The standard InChI is InChI=1S/C11H7F4N3/c12-8-5-17-2-1-7(8)9-3-6(11(13,14)15)4-10(16)18-9/h1-5H,(H2,16,18). The van der Waals surface area contributed by atoms with Crippen LogP contribution in [0.2, 0.25) is 0 Å². The van der Waals surface area contributed by atoms with Gasteiger partial charge in [-0.2, -0.15) is 13.2 Å². The molecule has 0 unspecified atom stereocenters. The van der Waals surface area contributed by atoms with Gasteiger partial charge < -0.3 is 5.73 Å². The van der Waals surface area contributed by atoms with Gasteiger partial charge in [-0.05, 0) is 18.2 Å². The highest BCUT2D eigenvalue weighted by atomic mass is 19.4. The predicted molar refractivity (Wildman–Crippen MR) is 56.8 cm³/mol. The van der Waals surface area contributed by atoms with Crippen molar-refractivity contribution in [2.45, 2.75) is 6.18 Å². The normalized spacial score (nSPS) is 11.6. The van der Waals surface area contributed by atoms with E-state index in [9.17, 15) is 17.6 Å². The zero-order valence-electron chi connectivity index (χ0n) is 8.87. The van der Waals surface area contributed by atoms with Crippen molar-refractivity contribution in [1.29, 1.82) is 0 Å². The van der Waals surface area contributed by atoms with Crippen molar-refractivity contribution in [2.75, 3.05) is 5.73 Å². The molecule has 3 nitrogen and oxygen atoms in total. The minimum Gasteiger partial charge on any atom is -0.384 e. The van der Waals surface area contributed by atoms with Gasteiger partial charge in [0.25, 0.3) is 0 Å². The Balaban J connectivity index is 2.60. The lowest BCUT2D eigenvalue weighted by Gasteiger charge is -2.10. The molecule has 94 valence electrons. The SMILES string of the molecule is Nc1cc(C(F)(F)F)cc(-c2ccncc2F)n1. The van der Waals surface area contributed by atoms with Gasteiger partial charge in [0.15, 0.2) is 5.82 Å². The molecule has 18 heavy (non-hydrogen) atoms. The Morgan fingerprint density at radius 3 is 2.50 bits per heavy atom. The van der Waals surface area contributed by atoms with Crippen LogP contribution in [0.25, 0.3) is 11.3 Å². The molecular formula is C11H7F4N3. The van der Waals surface area contributed by atoms with Gasteiger partial charge in [-0.25, -0.2) is 9.37 Å². The summed E-state index contributed by atoms with van der Waals surface area (Å²) in [4.78, 5) is 7.20. The molecule has 0 fully saturated rings. The van der Waals surface area contributed by atoms with Crippen LogP contribution in [0.15, 0.2) is 30.6 Å². The Kier molecular flexibility index (Phi) is 2.90. The van der Waals surface area contributed by atoms with Crippen LogP contribution in [0.4, 0.5) is 23.4 Å². The summed E-state index contributed by atoms with van der Waals surface area (Å²) in [7, 11) is 0. The number of hydrogen-bond donors (Lipinski definition) is 1. The molecule has 0 radical (unpaired) electrons. The second-order valence-corrected chi connectivity index (χ2v) is 3.52. The number of aromatic nitrogens is 2. The number of rotatable bonds is 1. The Hall–Kier alpha value is -2.18. The smallest absolute Gasteiger partial charge is 0.384 e. The fourth-order valence-electron chi connectivity index (χ4n) is 1.44. The quantitative estimate of drug-likeness (QED) is 0.799. The van der Waals surface area contributed by atoms with Crippen LogP contribution in [0.5, 0.6) is 0 Å². The highest BCUT2D eigenvalue weighted by Gasteiger charge is 2.31. The molecule has 2 rings (SSSR count). The van der Waals surface area contributed by atoms with Crippen molar-refractivity contribution in [3.63, 3.8) is 0 Å². The van der Waals surface area contributed by atoms with E-state index in [0.29, 0.717) is 6.07 Å². The fraction of sp³-hybridized carbons (Fsp3) is 0.0909. The molecule has 2 aromatic heterocycles. The average Bonchev–Trinajstić information content (AvgIpc) is 2.27. The highest BCUT2D eigenvalue weighted by Crippen LogP contribution is 2.33. The molecule has 7 heteroatoms. The molecule has 0 spiro atoms. The van der Waals surface area contributed by atoms with E-state index in [2.05, 4.69) is 9.97 Å². The molecular weight excluding hydrogens is 250 g/mol. The minimum atomic E-state index is -4.56. The molecule has 0 saturated carbocycles. The fourth-order valence-corrected chi connectivity index (χ4v) is 1.44. The van der Waals surface area contributed by atoms with Crippen LogP contribution in [-0.4, -0.2) is 9.97 Å². The third-order valence-electron chi connectivity index (χ3n) is 2.22. The molecule has 2 aromatic rings. The van der Waals surface area contributed by atoms with Crippen LogP contribution in [0.3, 0.4) is 0 Å². The average molecular weight is 257 g/mol. The maximum Gasteiger partial charge on any atom is 0.416 e. The molecule has 0 aromatic carbocycles. The Morgan fingerprint density at radius 1 is 1.17 bits per heavy atom. The van der Waals surface area contributed by atoms with Gasteiger partial charge in [0.05, 0.1) is 17.5 Å². The van der Waals surface area contributed by atoms with E-state index in [-0.39, 0.29) is 17.1 Å². The van der Waals surface area contributed by atoms with Gasteiger partial charge in [-0.3, -0.25) is 4.98 Å². The first-order valence-corrected chi connectivity index (χ1v) is 4.82. The molecule has 0 amide bonds. The van der Waals surface area contributed by atoms with E-state index in [1.807, 2.05) is 0 Å². The maximum atomic E-state index is 13.4. The molecule has 2 N–H and O–H groups in total. The first-order valence-electron chi connectivity index (χ1n) is 4.82. The van der Waals surface area contributed by atoms with E-state index in [1.54, 1.807) is 0 Å². The molecule has 0 aliphatic heterocycles. The van der Waals surface area contributed by atoms with E-state index < -0.39 is 17.6 Å². The lowest BCUT2D eigenvalue weighted by atomic mass is 10.1. The highest BCUT2D eigenvalue weighted by molar-refractivity contribution is 5.62. The molecule has 0 aliphatic carbocycles. The van der Waals surface area contributed by atoms with Crippen LogP contribution < -0.4 is 5.73 Å². The van der Waals surface area contributed by atoms with Gasteiger partial charge in [0.2, 0.25) is 0 Å². The van der Waals surface area contributed by atoms with Crippen LogP contribution in [-0.2, 0) is 6.18 Å². The van der Waals surface area contributed by atoms with Crippen molar-refractivity contribution in [3.8, 4) is 11.3 Å². The topological polar surface area (TPSA) is 51.8 Å². The van der Waals surface area contributed by atoms with Crippen molar-refractivity contribution >= 4 is 5.82 Å². The number of hydrogen-bond acceptors (Lipinski definition) is 3. The molecule has 2 heterocycles. The number of nitrogens with zero attached hydrogens (tertiary/aromatic N) is 2. The summed E-state index contributed by atoms with van der Waals surface area (Å²) in [6.45, 7) is 0. The predicted octanol–water partition coefficient (Wildman–Crippen LogP) is 2.88. The monoisotopic (exact) mass is 257 g/mol. The number of nitrogens with two attached hydrogens (primary N) is 1. The van der Waals surface area contributed by atoms with Crippen molar-refractivity contribution in [3.05, 3.63) is 42.0 Å². The van der Waals surface area contributed by atoms with Crippen molar-refractivity contribution < 1.29 is 17.6 Å². The van der Waals surface area contributed by atoms with Gasteiger partial charge in [0, 0.05) is 11.8 Å². The number of halogens is 4. The Morgan fingerprint density at radius 2 is 1.89 bits per heavy atom. The summed E-state index contributed by atoms with van der Waals surface area (Å²) in [5.41, 5.74) is 4.06. The second-order valence-electron chi connectivity index (χ2n) is 3.52. The second kappa shape index (κ2) is 4.25. The maximum absolute atomic E-state index is 13.4. The summed E-state index contributed by atoms with van der Waals surface area (Å²) < 4.78 is 51.1. The summed E-state index contributed by atoms with van der Waals surface area (Å²) in [5, 5.41) is 0. The molecule has 0 atom stereocenters. The van der Waals surface area contributed by atoms with Crippen molar-refractivity contribution in [2.24, 2.45) is 0 Å². The first-order chi connectivity index (χ1) is 8.38.